The molecule has 8 nitrogen and oxygen atoms in total. The van der Waals surface area contributed by atoms with Crippen molar-refractivity contribution in [2.75, 3.05) is 0 Å². The van der Waals surface area contributed by atoms with Crippen LogP contribution >= 0.6 is 40.4 Å². The van der Waals surface area contributed by atoms with E-state index in [-0.39, 0.29) is 26.3 Å². The molecule has 54 heavy (non-hydrogen) atoms. The zero-order chi connectivity index (χ0) is 39.0. The van der Waals surface area contributed by atoms with E-state index in [0.29, 0.717) is 24.2 Å². The second-order valence-electron chi connectivity index (χ2n) is 13.7. The summed E-state index contributed by atoms with van der Waals surface area (Å²) in [4.78, 5) is 18.4. The van der Waals surface area contributed by atoms with Crippen LogP contribution in [0, 0.1) is 27.7 Å². The molecule has 4 aromatic rings. The van der Waals surface area contributed by atoms with Gasteiger partial charge in [-0.3, -0.25) is 19.9 Å². The number of halogens is 4. The van der Waals surface area contributed by atoms with Gasteiger partial charge in [-0.25, -0.2) is 0 Å². The fourth-order valence-electron chi connectivity index (χ4n) is 6.97. The maximum atomic E-state index is 4.76. The maximum absolute atomic E-state index is 4.76. The third-order valence-electron chi connectivity index (χ3n) is 9.50. The molecule has 0 spiro atoms. The number of hydrogen-bond donors (Lipinski definition) is 4. The van der Waals surface area contributed by atoms with Crippen LogP contribution in [0.2, 0.25) is 0 Å². The standard InChI is InChI=1S/2C20H28N4.4ClH.2Fe/c2*1-15-7-5-9-17(23-15)13-21-19-11-3-4-12-20(19)22-14-18-10-6-8-16(2)24-18;;;;;;/h2*5-10,19-22H,3-4,11-14H2,1-2H3;4*1H;;/q;;;;;;2*+2/p-4/t2*19-,20-;;;;;;/m00....../s1. The summed E-state index contributed by atoms with van der Waals surface area (Å²) in [7, 11) is 19.1. The first kappa shape index (κ1) is 47.0. The van der Waals surface area contributed by atoms with Crippen molar-refractivity contribution < 1.29 is 26.3 Å². The van der Waals surface area contributed by atoms with Crippen LogP contribution in [-0.2, 0) is 52.4 Å². The van der Waals surface area contributed by atoms with E-state index < -0.39 is 0 Å². The van der Waals surface area contributed by atoms with Gasteiger partial charge in [0.15, 0.2) is 0 Å². The molecule has 2 aliphatic carbocycles. The minimum absolute atomic E-state index is 0.194. The molecule has 0 aromatic carbocycles. The quantitative estimate of drug-likeness (QED) is 0.105. The Balaban J connectivity index is 0.000000254. The van der Waals surface area contributed by atoms with Gasteiger partial charge in [0.05, 0.1) is 22.8 Å². The van der Waals surface area contributed by atoms with Crippen LogP contribution in [0.3, 0.4) is 0 Å². The van der Waals surface area contributed by atoms with Crippen LogP contribution in [0.4, 0.5) is 0 Å². The van der Waals surface area contributed by atoms with Gasteiger partial charge < -0.3 is 21.3 Å². The zero-order valence-corrected chi connectivity index (χ0v) is 37.0. The van der Waals surface area contributed by atoms with Crippen molar-refractivity contribution in [2.24, 2.45) is 0 Å². The number of pyridine rings is 4. The van der Waals surface area contributed by atoms with Crippen molar-refractivity contribution >= 4 is 40.4 Å². The van der Waals surface area contributed by atoms with Gasteiger partial charge in [0.2, 0.25) is 0 Å². The Hall–Kier alpha value is -1.36. The average Bonchev–Trinajstić information content (AvgIpc) is 3.16. The van der Waals surface area contributed by atoms with E-state index in [1.54, 1.807) is 0 Å². The molecule has 4 N–H and O–H groups in total. The summed E-state index contributed by atoms with van der Waals surface area (Å²) in [5, 5.41) is 14.9. The predicted molar refractivity (Wildman–Crippen MR) is 219 cm³/mol. The Labute approximate surface area is 353 Å². The SMILES string of the molecule is Cc1cccc(CN[C@H]2CCCC[C@@H]2NCc2cccc(C)n2)n1.Cc1cccc(CN[C@H]2CCCC[C@@H]2NCc2cccc(C)n2)n1.[Cl][Fe][Cl].[Cl][Fe][Cl]. The topological polar surface area (TPSA) is 99.7 Å². The Morgan fingerprint density at radius 1 is 0.426 bits per heavy atom. The molecule has 6 rings (SSSR count). The van der Waals surface area contributed by atoms with E-state index in [9.17, 15) is 0 Å². The van der Waals surface area contributed by atoms with E-state index in [1.807, 2.05) is 52.0 Å². The monoisotopic (exact) mass is 900 g/mol. The molecule has 0 amide bonds. The predicted octanol–water partition coefficient (Wildman–Crippen LogP) is 9.32. The summed E-state index contributed by atoms with van der Waals surface area (Å²) >= 11 is 0.389. The molecule has 0 saturated heterocycles. The molecule has 0 bridgehead atoms. The third-order valence-corrected chi connectivity index (χ3v) is 9.50. The molecule has 0 aliphatic heterocycles. The fourth-order valence-corrected chi connectivity index (χ4v) is 6.97. The van der Waals surface area contributed by atoms with Crippen LogP contribution in [0.15, 0.2) is 72.8 Å². The molecule has 4 heterocycles. The molecule has 300 valence electrons. The van der Waals surface area contributed by atoms with Crippen LogP contribution in [0.5, 0.6) is 0 Å². The second kappa shape index (κ2) is 28.1. The zero-order valence-electron chi connectivity index (χ0n) is 31.7. The van der Waals surface area contributed by atoms with Crippen molar-refractivity contribution in [1.82, 2.24) is 41.2 Å². The van der Waals surface area contributed by atoms with Crippen LogP contribution in [-0.4, -0.2) is 44.1 Å². The van der Waals surface area contributed by atoms with Gasteiger partial charge >= 0.3 is 66.7 Å². The molecule has 0 radical (unpaired) electrons. The summed E-state index contributed by atoms with van der Waals surface area (Å²) in [5.74, 6) is 0. The van der Waals surface area contributed by atoms with Crippen molar-refractivity contribution in [1.29, 1.82) is 0 Å². The van der Waals surface area contributed by atoms with Crippen molar-refractivity contribution in [3.8, 4) is 0 Å². The van der Waals surface area contributed by atoms with E-state index in [2.05, 4.69) is 89.7 Å². The van der Waals surface area contributed by atoms with Crippen molar-refractivity contribution in [3.63, 3.8) is 0 Å². The normalized spacial score (nSPS) is 19.4. The van der Waals surface area contributed by atoms with Crippen LogP contribution in [0.1, 0.15) is 96.9 Å². The number of nitrogens with one attached hydrogen (secondary N) is 4. The van der Waals surface area contributed by atoms with E-state index in [1.165, 1.54) is 51.4 Å². The molecular weight excluding hydrogens is 846 g/mol. The summed E-state index contributed by atoms with van der Waals surface area (Å²) in [5.41, 5.74) is 8.83. The molecule has 0 unspecified atom stereocenters. The Kier molecular flexibility index (Phi) is 24.5. The van der Waals surface area contributed by atoms with Crippen LogP contribution < -0.4 is 21.3 Å². The van der Waals surface area contributed by atoms with Crippen molar-refractivity contribution in [2.45, 2.75) is 129 Å². The Morgan fingerprint density at radius 3 is 0.815 bits per heavy atom. The fraction of sp³-hybridized carbons (Fsp3) is 0.500. The Bertz CT molecular complexity index is 1380. The first-order chi connectivity index (χ1) is 26.2. The van der Waals surface area contributed by atoms with Crippen LogP contribution in [0.25, 0.3) is 0 Å². The summed E-state index contributed by atoms with van der Waals surface area (Å²) in [6.45, 7) is 11.5. The number of rotatable bonds is 12. The van der Waals surface area contributed by atoms with E-state index in [4.69, 9.17) is 40.4 Å². The van der Waals surface area contributed by atoms with Gasteiger partial charge in [0.25, 0.3) is 0 Å². The number of aryl methyl sites for hydroxylation is 4. The number of aromatic nitrogens is 4. The number of nitrogens with zero attached hydrogens (tertiary/aromatic N) is 4. The molecule has 14 heteroatoms. The molecule has 4 atom stereocenters. The molecule has 2 saturated carbocycles. The van der Waals surface area contributed by atoms with Gasteiger partial charge in [0.1, 0.15) is 0 Å². The van der Waals surface area contributed by atoms with Gasteiger partial charge in [0, 0.05) is 73.1 Å². The van der Waals surface area contributed by atoms with Gasteiger partial charge in [-0.05, 0) is 102 Å². The second-order valence-corrected chi connectivity index (χ2v) is 17.3. The number of hydrogen-bond acceptors (Lipinski definition) is 8. The van der Waals surface area contributed by atoms with E-state index >= 15 is 0 Å². The molecule has 4 aromatic heterocycles. The average molecular weight is 902 g/mol. The third kappa shape index (κ3) is 19.2. The van der Waals surface area contributed by atoms with Gasteiger partial charge in [-0.15, -0.1) is 0 Å². The first-order valence-electron chi connectivity index (χ1n) is 18.6. The molecule has 2 fully saturated rings. The molecular formula is C40H56Cl4Fe2N8. The molecule has 2 aliphatic rings. The first-order valence-corrected chi connectivity index (χ1v) is 24.7. The van der Waals surface area contributed by atoms with Gasteiger partial charge in [-0.2, -0.15) is 0 Å². The summed E-state index contributed by atoms with van der Waals surface area (Å²) in [6, 6.07) is 26.9. The summed E-state index contributed by atoms with van der Waals surface area (Å²) < 4.78 is 0. The minimum atomic E-state index is 0.194. The van der Waals surface area contributed by atoms with Crippen molar-refractivity contribution in [3.05, 3.63) is 118 Å². The Morgan fingerprint density at radius 2 is 0.630 bits per heavy atom. The summed E-state index contributed by atoms with van der Waals surface area (Å²) in [6.07, 6.45) is 10.1. The van der Waals surface area contributed by atoms with E-state index in [0.717, 1.165) is 71.7 Å². The van der Waals surface area contributed by atoms with Gasteiger partial charge in [-0.1, -0.05) is 49.9 Å².